The monoisotopic (exact) mass is 303 g/mol. The van der Waals surface area contributed by atoms with Gasteiger partial charge in [0, 0.05) is 38.3 Å². The van der Waals surface area contributed by atoms with E-state index in [1.54, 1.807) is 6.20 Å². The number of aryl methyl sites for hydroxylation is 2. The summed E-state index contributed by atoms with van der Waals surface area (Å²) in [7, 11) is 1.93. The van der Waals surface area contributed by atoms with Crippen LogP contribution in [0, 0.1) is 5.92 Å². The van der Waals surface area contributed by atoms with E-state index in [4.69, 9.17) is 4.42 Å². The van der Waals surface area contributed by atoms with Gasteiger partial charge in [-0.2, -0.15) is 0 Å². The summed E-state index contributed by atoms with van der Waals surface area (Å²) in [6.07, 6.45) is 6.21. The second kappa shape index (κ2) is 6.67. The molecule has 5 nitrogen and oxygen atoms in total. The van der Waals surface area contributed by atoms with Crippen LogP contribution in [0.5, 0.6) is 0 Å². The minimum atomic E-state index is -0.495. The Labute approximate surface area is 131 Å². The van der Waals surface area contributed by atoms with Crippen molar-refractivity contribution in [3.05, 3.63) is 41.9 Å². The summed E-state index contributed by atoms with van der Waals surface area (Å²) < 4.78 is 7.71. The molecule has 0 aliphatic carbocycles. The SMILES string of the molecule is CCc1ccc(CN2CCCC(C(O)c3nccn3C)C2)o1. The van der Waals surface area contributed by atoms with Crippen LogP contribution >= 0.6 is 0 Å². The normalized spacial score (nSPS) is 21.1. The van der Waals surface area contributed by atoms with Gasteiger partial charge in [0.25, 0.3) is 0 Å². The minimum Gasteiger partial charge on any atom is -0.465 e. The van der Waals surface area contributed by atoms with E-state index in [0.717, 1.165) is 56.2 Å². The Balaban J connectivity index is 1.62. The summed E-state index contributed by atoms with van der Waals surface area (Å²) in [6, 6.07) is 4.12. The highest BCUT2D eigenvalue weighted by Gasteiger charge is 2.29. The van der Waals surface area contributed by atoms with Crippen molar-refractivity contribution in [2.24, 2.45) is 13.0 Å². The molecular formula is C17H25N3O2. The van der Waals surface area contributed by atoms with Crippen LogP contribution in [-0.4, -0.2) is 32.6 Å². The Bertz CT molecular complexity index is 605. The first-order valence-electron chi connectivity index (χ1n) is 8.12. The molecule has 0 bridgehead atoms. The second-order valence-electron chi connectivity index (χ2n) is 6.20. The van der Waals surface area contributed by atoms with Gasteiger partial charge < -0.3 is 14.1 Å². The van der Waals surface area contributed by atoms with Crippen molar-refractivity contribution in [2.75, 3.05) is 13.1 Å². The van der Waals surface area contributed by atoms with Gasteiger partial charge in [-0.1, -0.05) is 6.92 Å². The molecule has 2 aromatic heterocycles. The lowest BCUT2D eigenvalue weighted by atomic mass is 9.92. The van der Waals surface area contributed by atoms with Crippen LogP contribution in [0.3, 0.4) is 0 Å². The van der Waals surface area contributed by atoms with Gasteiger partial charge in [0.1, 0.15) is 23.4 Å². The number of aliphatic hydroxyl groups excluding tert-OH is 1. The molecule has 0 spiro atoms. The zero-order valence-electron chi connectivity index (χ0n) is 13.4. The average molecular weight is 303 g/mol. The Kier molecular flexibility index (Phi) is 4.64. The summed E-state index contributed by atoms with van der Waals surface area (Å²) in [5.41, 5.74) is 0. The Morgan fingerprint density at radius 1 is 1.41 bits per heavy atom. The number of furan rings is 1. The van der Waals surface area contributed by atoms with Crippen molar-refractivity contribution in [1.82, 2.24) is 14.5 Å². The fourth-order valence-corrected chi connectivity index (χ4v) is 3.28. The lowest BCUT2D eigenvalue weighted by molar-refractivity contribution is 0.0383. The van der Waals surface area contributed by atoms with Crippen LogP contribution in [0.4, 0.5) is 0 Å². The Hall–Kier alpha value is -1.59. The first-order chi connectivity index (χ1) is 10.7. The van der Waals surface area contributed by atoms with E-state index in [0.29, 0.717) is 0 Å². The molecule has 1 saturated heterocycles. The second-order valence-corrected chi connectivity index (χ2v) is 6.20. The van der Waals surface area contributed by atoms with E-state index in [-0.39, 0.29) is 5.92 Å². The van der Waals surface area contributed by atoms with Crippen molar-refractivity contribution in [1.29, 1.82) is 0 Å². The minimum absolute atomic E-state index is 0.232. The Morgan fingerprint density at radius 2 is 2.23 bits per heavy atom. The topological polar surface area (TPSA) is 54.4 Å². The van der Waals surface area contributed by atoms with Crippen molar-refractivity contribution < 1.29 is 9.52 Å². The first kappa shape index (κ1) is 15.3. The maximum absolute atomic E-state index is 10.6. The Morgan fingerprint density at radius 3 is 2.91 bits per heavy atom. The fourth-order valence-electron chi connectivity index (χ4n) is 3.28. The highest BCUT2D eigenvalue weighted by atomic mass is 16.3. The maximum Gasteiger partial charge on any atom is 0.137 e. The molecule has 1 aliphatic rings. The molecule has 1 aliphatic heterocycles. The number of hydrogen-bond acceptors (Lipinski definition) is 4. The highest BCUT2D eigenvalue weighted by Crippen LogP contribution is 2.29. The largest absolute Gasteiger partial charge is 0.465 e. The van der Waals surface area contributed by atoms with E-state index >= 15 is 0 Å². The smallest absolute Gasteiger partial charge is 0.137 e. The number of imidazole rings is 1. The molecular weight excluding hydrogens is 278 g/mol. The quantitative estimate of drug-likeness (QED) is 0.922. The fraction of sp³-hybridized carbons (Fsp3) is 0.588. The van der Waals surface area contributed by atoms with E-state index in [2.05, 4.69) is 28.9 Å². The molecule has 1 N–H and O–H groups in total. The van der Waals surface area contributed by atoms with Crippen LogP contribution < -0.4 is 0 Å². The summed E-state index contributed by atoms with van der Waals surface area (Å²) in [6.45, 7) is 4.87. The summed E-state index contributed by atoms with van der Waals surface area (Å²) >= 11 is 0. The van der Waals surface area contributed by atoms with Crippen LogP contribution in [0.15, 0.2) is 28.9 Å². The molecule has 2 unspecified atom stereocenters. The lowest BCUT2D eigenvalue weighted by Gasteiger charge is -2.34. The van der Waals surface area contributed by atoms with E-state index in [1.165, 1.54) is 0 Å². The molecule has 0 radical (unpaired) electrons. The summed E-state index contributed by atoms with van der Waals surface area (Å²) in [5.74, 6) is 3.05. The van der Waals surface area contributed by atoms with Crippen LogP contribution in [0.25, 0.3) is 0 Å². The number of aliphatic hydroxyl groups is 1. The van der Waals surface area contributed by atoms with Gasteiger partial charge in [0.2, 0.25) is 0 Å². The van der Waals surface area contributed by atoms with Crippen molar-refractivity contribution in [2.45, 2.75) is 38.8 Å². The average Bonchev–Trinajstić information content (AvgIpc) is 3.15. The van der Waals surface area contributed by atoms with Crippen LogP contribution in [0.1, 0.15) is 43.2 Å². The van der Waals surface area contributed by atoms with E-state index in [9.17, 15) is 5.11 Å². The number of piperidine rings is 1. The molecule has 0 saturated carbocycles. The van der Waals surface area contributed by atoms with Gasteiger partial charge >= 0.3 is 0 Å². The number of likely N-dealkylation sites (tertiary alicyclic amines) is 1. The third-order valence-corrected chi connectivity index (χ3v) is 4.56. The zero-order valence-corrected chi connectivity index (χ0v) is 13.4. The maximum atomic E-state index is 10.6. The van der Waals surface area contributed by atoms with E-state index in [1.807, 2.05) is 17.8 Å². The zero-order chi connectivity index (χ0) is 15.5. The molecule has 120 valence electrons. The summed E-state index contributed by atoms with van der Waals surface area (Å²) in [5, 5.41) is 10.6. The van der Waals surface area contributed by atoms with E-state index < -0.39 is 6.10 Å². The van der Waals surface area contributed by atoms with Crippen LogP contribution in [-0.2, 0) is 20.0 Å². The van der Waals surface area contributed by atoms with Gasteiger partial charge in [0.15, 0.2) is 0 Å². The number of hydrogen-bond donors (Lipinski definition) is 1. The van der Waals surface area contributed by atoms with Crippen LogP contribution in [0.2, 0.25) is 0 Å². The molecule has 22 heavy (non-hydrogen) atoms. The van der Waals surface area contributed by atoms with Gasteiger partial charge in [-0.05, 0) is 31.5 Å². The first-order valence-corrected chi connectivity index (χ1v) is 8.12. The third-order valence-electron chi connectivity index (χ3n) is 4.56. The lowest BCUT2D eigenvalue weighted by Crippen LogP contribution is -2.37. The molecule has 1 fully saturated rings. The van der Waals surface area contributed by atoms with Crippen molar-refractivity contribution in [3.63, 3.8) is 0 Å². The number of nitrogens with zero attached hydrogens (tertiary/aromatic N) is 3. The standard InChI is InChI=1S/C17H25N3O2/c1-3-14-6-7-15(22-14)12-20-9-4-5-13(11-20)16(21)17-18-8-10-19(17)2/h6-8,10,13,16,21H,3-5,9,11-12H2,1-2H3. The molecule has 3 heterocycles. The molecule has 3 rings (SSSR count). The van der Waals surface area contributed by atoms with Gasteiger partial charge in [-0.15, -0.1) is 0 Å². The highest BCUT2D eigenvalue weighted by molar-refractivity contribution is 5.07. The predicted octanol–water partition coefficient (Wildman–Crippen LogP) is 2.52. The molecule has 0 amide bonds. The van der Waals surface area contributed by atoms with Crippen molar-refractivity contribution in [3.8, 4) is 0 Å². The van der Waals surface area contributed by atoms with Gasteiger partial charge in [-0.25, -0.2) is 4.98 Å². The molecule has 2 atom stereocenters. The number of aromatic nitrogens is 2. The summed E-state index contributed by atoms with van der Waals surface area (Å²) in [4.78, 5) is 6.66. The van der Waals surface area contributed by atoms with Crippen molar-refractivity contribution >= 4 is 0 Å². The third kappa shape index (κ3) is 3.25. The van der Waals surface area contributed by atoms with Gasteiger partial charge in [0.05, 0.1) is 6.54 Å². The molecule has 5 heteroatoms. The molecule has 2 aromatic rings. The predicted molar refractivity (Wildman–Crippen MR) is 84.3 cm³/mol. The van der Waals surface area contributed by atoms with Gasteiger partial charge in [-0.3, -0.25) is 4.90 Å². The number of rotatable bonds is 5. The molecule has 0 aromatic carbocycles.